The Bertz CT molecular complexity index is 1770. The van der Waals surface area contributed by atoms with Crippen LogP contribution in [-0.2, 0) is 20.8 Å². The van der Waals surface area contributed by atoms with Crippen LogP contribution in [0.25, 0.3) is 21.1 Å². The molecule has 0 bridgehead atoms. The summed E-state index contributed by atoms with van der Waals surface area (Å²) in [5.74, 6) is -1.72. The Morgan fingerprint density at radius 1 is 1.02 bits per heavy atom. The highest BCUT2D eigenvalue weighted by atomic mass is 32.1. The Kier molecular flexibility index (Phi) is 14.4. The van der Waals surface area contributed by atoms with E-state index in [1.165, 1.54) is 22.3 Å². The Morgan fingerprint density at radius 3 is 2.25 bits per heavy atom. The standard InChI is InChI=1S/C23H17F2N3O3S.C7H9N.C4H10.C2H5NO/c24-13-6-16(25)15-8-14(26-18(15)7-13)9-21(30)28-10-12(11-29)5-19(28)22(31)23-27-17-3-1-2-4-20(17)32-23;1-8-7-5-3-2-4-6-7;1-4(2)3;1-3-2-4/h1-4,6-8,11-12,19,26H,5,9-10H2;2-6,8H,1H3;4H,1-3H3;2H,1H3,(H,3,4). The zero-order chi connectivity index (χ0) is 35.2. The number of anilines is 1. The quantitative estimate of drug-likeness (QED) is 0.131. The molecule has 1 fully saturated rings. The van der Waals surface area contributed by atoms with E-state index in [1.54, 1.807) is 7.05 Å². The molecule has 5 aromatic rings. The summed E-state index contributed by atoms with van der Waals surface area (Å²) >= 11 is 1.25. The number of para-hydroxylation sites is 2. The number of ketones is 1. The number of hydrogen-bond donors (Lipinski definition) is 3. The lowest BCUT2D eigenvalue weighted by molar-refractivity contribution is -0.130. The number of halogens is 2. The second-order valence-corrected chi connectivity index (χ2v) is 12.7. The average Bonchev–Trinajstić information content (AvgIpc) is 3.82. The third-order valence-corrected chi connectivity index (χ3v) is 7.93. The van der Waals surface area contributed by atoms with E-state index in [4.69, 9.17) is 4.79 Å². The Labute approximate surface area is 282 Å². The maximum absolute atomic E-state index is 14.0. The van der Waals surface area contributed by atoms with Crippen LogP contribution in [0.5, 0.6) is 0 Å². The molecule has 0 saturated carbocycles. The van der Waals surface area contributed by atoms with E-state index in [1.807, 2.05) is 61.6 Å². The maximum atomic E-state index is 14.0. The van der Waals surface area contributed by atoms with Gasteiger partial charge in [0.15, 0.2) is 5.01 Å². The largest absolute Gasteiger partial charge is 0.388 e. The van der Waals surface area contributed by atoms with Crippen molar-refractivity contribution in [3.05, 3.63) is 95.1 Å². The molecule has 254 valence electrons. The highest BCUT2D eigenvalue weighted by Gasteiger charge is 2.40. The van der Waals surface area contributed by atoms with Crippen molar-refractivity contribution in [3.8, 4) is 0 Å². The van der Waals surface area contributed by atoms with Crippen LogP contribution < -0.4 is 10.6 Å². The zero-order valence-corrected chi connectivity index (χ0v) is 28.4. The number of nitrogens with one attached hydrogen (secondary N) is 3. The van der Waals surface area contributed by atoms with Gasteiger partial charge in [0.2, 0.25) is 18.1 Å². The van der Waals surface area contributed by atoms with E-state index in [9.17, 15) is 23.2 Å². The number of rotatable bonds is 7. The molecule has 9 nitrogen and oxygen atoms in total. The lowest BCUT2D eigenvalue weighted by atomic mass is 10.0. The minimum absolute atomic E-state index is 0.132. The first-order valence-electron chi connectivity index (χ1n) is 15.5. The van der Waals surface area contributed by atoms with E-state index in [-0.39, 0.29) is 42.0 Å². The number of likely N-dealkylation sites (tertiary alicyclic amines) is 1. The van der Waals surface area contributed by atoms with Crippen molar-refractivity contribution >= 4 is 62.5 Å². The minimum atomic E-state index is -0.795. The van der Waals surface area contributed by atoms with Crippen molar-refractivity contribution in [2.45, 2.75) is 39.7 Å². The van der Waals surface area contributed by atoms with Crippen LogP contribution in [0.1, 0.15) is 42.7 Å². The molecule has 3 heterocycles. The highest BCUT2D eigenvalue weighted by molar-refractivity contribution is 7.20. The number of Topliss-reactive ketones (excluding diaryl/α,β-unsaturated/α-hetero) is 1. The van der Waals surface area contributed by atoms with Crippen molar-refractivity contribution in [3.63, 3.8) is 0 Å². The predicted molar refractivity (Wildman–Crippen MR) is 187 cm³/mol. The van der Waals surface area contributed by atoms with E-state index in [0.29, 0.717) is 22.6 Å². The highest BCUT2D eigenvalue weighted by Crippen LogP contribution is 2.30. The monoisotopic (exact) mass is 677 g/mol. The lowest BCUT2D eigenvalue weighted by Crippen LogP contribution is -2.41. The Balaban J connectivity index is 0.000000323. The summed E-state index contributed by atoms with van der Waals surface area (Å²) in [5.41, 5.74) is 2.51. The van der Waals surface area contributed by atoms with Gasteiger partial charge in [0.05, 0.1) is 28.2 Å². The number of aromatic amines is 1. The van der Waals surface area contributed by atoms with Gasteiger partial charge in [-0.3, -0.25) is 14.4 Å². The lowest BCUT2D eigenvalue weighted by Gasteiger charge is -2.22. The van der Waals surface area contributed by atoms with Crippen molar-refractivity contribution < 1.29 is 28.0 Å². The summed E-state index contributed by atoms with van der Waals surface area (Å²) in [6, 6.07) is 20.0. The molecule has 1 aliphatic rings. The molecular formula is C36H41F2N5O4S. The fourth-order valence-corrected chi connectivity index (χ4v) is 5.75. The average molecular weight is 678 g/mol. The number of aromatic nitrogens is 2. The molecule has 0 radical (unpaired) electrons. The van der Waals surface area contributed by atoms with Crippen LogP contribution in [0.4, 0.5) is 14.5 Å². The number of carbonyl (C=O) groups excluding carboxylic acids is 4. The summed E-state index contributed by atoms with van der Waals surface area (Å²) in [5, 5.41) is 5.76. The fraction of sp³-hybridized carbons (Fsp3) is 0.306. The van der Waals surface area contributed by atoms with Crippen LogP contribution in [0, 0.1) is 23.5 Å². The number of thiazole rings is 1. The van der Waals surface area contributed by atoms with Crippen molar-refractivity contribution in [2.24, 2.45) is 11.8 Å². The van der Waals surface area contributed by atoms with Crippen LogP contribution >= 0.6 is 11.3 Å². The van der Waals surface area contributed by atoms with Crippen LogP contribution in [0.2, 0.25) is 0 Å². The molecule has 12 heteroatoms. The number of fused-ring (bicyclic) bond motifs is 2. The Hall–Kier alpha value is -4.97. The molecule has 6 rings (SSSR count). The predicted octanol–water partition coefficient (Wildman–Crippen LogP) is 6.65. The third-order valence-electron chi connectivity index (χ3n) is 6.88. The van der Waals surface area contributed by atoms with Gasteiger partial charge in [-0.25, -0.2) is 13.8 Å². The fourth-order valence-electron chi connectivity index (χ4n) is 4.79. The summed E-state index contributed by atoms with van der Waals surface area (Å²) < 4.78 is 28.3. The molecule has 2 atom stereocenters. The number of amides is 2. The molecule has 1 aliphatic heterocycles. The number of nitrogens with zero attached hydrogens (tertiary/aromatic N) is 2. The van der Waals surface area contributed by atoms with Crippen LogP contribution in [0.15, 0.2) is 72.8 Å². The van der Waals surface area contributed by atoms with Gasteiger partial charge >= 0.3 is 0 Å². The molecular weight excluding hydrogens is 636 g/mol. The van der Waals surface area contributed by atoms with E-state index >= 15 is 0 Å². The van der Waals surface area contributed by atoms with Gasteiger partial charge in [-0.2, -0.15) is 0 Å². The molecule has 0 spiro atoms. The van der Waals surface area contributed by atoms with Gasteiger partial charge < -0.3 is 25.3 Å². The first-order chi connectivity index (χ1) is 23.0. The third kappa shape index (κ3) is 10.5. The van der Waals surface area contributed by atoms with E-state index < -0.39 is 23.6 Å². The van der Waals surface area contributed by atoms with Gasteiger partial charge in [-0.1, -0.05) is 51.1 Å². The second kappa shape index (κ2) is 18.4. The maximum Gasteiger partial charge on any atom is 0.229 e. The number of carbonyl (C=O) groups is 4. The molecule has 3 aromatic carbocycles. The number of H-pyrrole nitrogens is 1. The normalized spacial score (nSPS) is 15.0. The van der Waals surface area contributed by atoms with E-state index in [0.717, 1.165) is 34.7 Å². The molecule has 3 N–H and O–H groups in total. The zero-order valence-electron chi connectivity index (χ0n) is 27.6. The SMILES string of the molecule is CC(C)C.CNC=O.CNc1ccccc1.O=CC1CC(C(=O)c2nc3ccccc3s2)N(C(=O)Cc2cc3c(F)cc(F)cc3[nH]2)C1. The van der Waals surface area contributed by atoms with Gasteiger partial charge in [0.25, 0.3) is 0 Å². The molecule has 0 aliphatic carbocycles. The topological polar surface area (TPSA) is 124 Å². The van der Waals surface area contributed by atoms with Crippen molar-refractivity contribution in [1.82, 2.24) is 20.2 Å². The molecule has 2 unspecified atom stereocenters. The minimum Gasteiger partial charge on any atom is -0.388 e. The van der Waals surface area contributed by atoms with Gasteiger partial charge in [-0.15, -0.1) is 11.3 Å². The summed E-state index contributed by atoms with van der Waals surface area (Å²) in [6.45, 7) is 6.63. The Morgan fingerprint density at radius 2 is 1.67 bits per heavy atom. The van der Waals surface area contributed by atoms with Gasteiger partial charge in [0.1, 0.15) is 17.9 Å². The molecule has 48 heavy (non-hydrogen) atoms. The van der Waals surface area contributed by atoms with Crippen molar-refractivity contribution in [1.29, 1.82) is 0 Å². The number of benzene rings is 3. The van der Waals surface area contributed by atoms with Crippen LogP contribution in [-0.4, -0.2) is 65.9 Å². The summed E-state index contributed by atoms with van der Waals surface area (Å²) in [7, 11) is 3.47. The van der Waals surface area contributed by atoms with E-state index in [2.05, 4.69) is 41.4 Å². The first-order valence-corrected chi connectivity index (χ1v) is 16.3. The molecule has 2 aromatic heterocycles. The summed E-state index contributed by atoms with van der Waals surface area (Å²) in [6.07, 6.45) is 1.48. The summed E-state index contributed by atoms with van der Waals surface area (Å²) in [4.78, 5) is 55.4. The number of aldehydes is 1. The smallest absolute Gasteiger partial charge is 0.229 e. The van der Waals surface area contributed by atoms with Crippen LogP contribution in [0.3, 0.4) is 0 Å². The second-order valence-electron chi connectivity index (χ2n) is 11.6. The number of hydrogen-bond acceptors (Lipinski definition) is 7. The van der Waals surface area contributed by atoms with Gasteiger partial charge in [-0.05, 0) is 48.7 Å². The first kappa shape index (κ1) is 37.5. The van der Waals surface area contributed by atoms with Crippen molar-refractivity contribution in [2.75, 3.05) is 26.0 Å². The molecule has 2 amide bonds. The van der Waals surface area contributed by atoms with Gasteiger partial charge in [0, 0.05) is 49.4 Å². The molecule has 1 saturated heterocycles.